The molecule has 1 aliphatic heterocycles. The molecule has 1 aromatic heterocycles. The number of hydrogen-bond acceptors (Lipinski definition) is 6. The second kappa shape index (κ2) is 5.64. The van der Waals surface area contributed by atoms with Crippen molar-refractivity contribution in [2.75, 3.05) is 23.7 Å². The van der Waals surface area contributed by atoms with E-state index in [1.807, 2.05) is 11.8 Å². The maximum absolute atomic E-state index is 8.82. The van der Waals surface area contributed by atoms with Gasteiger partial charge in [0.1, 0.15) is 0 Å². The van der Waals surface area contributed by atoms with Gasteiger partial charge < -0.3 is 15.8 Å². The summed E-state index contributed by atoms with van der Waals surface area (Å²) in [6, 6.07) is 0. The summed E-state index contributed by atoms with van der Waals surface area (Å²) in [4.78, 5) is 10.7. The lowest BCUT2D eigenvalue weighted by molar-refractivity contribution is 0.318. The first-order chi connectivity index (χ1) is 9.03. The summed E-state index contributed by atoms with van der Waals surface area (Å²) < 4.78 is 0.272. The molecular formula is C12H19N5OS. The largest absolute Gasteiger partial charge is 0.409 e. The summed E-state index contributed by atoms with van der Waals surface area (Å²) >= 11 is 1.96. The number of oxime groups is 1. The average Bonchev–Trinajstić information content (AvgIpc) is 2.59. The van der Waals surface area contributed by atoms with Crippen LogP contribution in [-0.2, 0) is 0 Å². The standard InChI is InChI=1S/C12H19N5OS/c1-12(2)3-6-17(7-8-19-12)11-9(10(13)16-18)14-4-5-15-11/h4-5,18H,3,6-8H2,1-2H3,(H2,13,16). The number of aromatic nitrogens is 2. The molecule has 7 heteroatoms. The number of nitrogens with zero attached hydrogens (tertiary/aromatic N) is 4. The van der Waals surface area contributed by atoms with Gasteiger partial charge in [-0.3, -0.25) is 0 Å². The molecular weight excluding hydrogens is 262 g/mol. The van der Waals surface area contributed by atoms with Crippen molar-refractivity contribution in [3.05, 3.63) is 18.1 Å². The van der Waals surface area contributed by atoms with Gasteiger partial charge in [-0.2, -0.15) is 11.8 Å². The fourth-order valence-electron chi connectivity index (χ4n) is 2.02. The van der Waals surface area contributed by atoms with Crippen molar-refractivity contribution in [1.82, 2.24) is 9.97 Å². The molecule has 19 heavy (non-hydrogen) atoms. The fourth-order valence-corrected chi connectivity index (χ4v) is 3.12. The van der Waals surface area contributed by atoms with Crippen LogP contribution < -0.4 is 10.6 Å². The van der Waals surface area contributed by atoms with Gasteiger partial charge >= 0.3 is 0 Å². The Kier molecular flexibility index (Phi) is 4.14. The van der Waals surface area contributed by atoms with E-state index in [0.29, 0.717) is 11.5 Å². The van der Waals surface area contributed by atoms with Crippen LogP contribution in [0.15, 0.2) is 17.5 Å². The van der Waals surface area contributed by atoms with Crippen molar-refractivity contribution in [1.29, 1.82) is 0 Å². The zero-order chi connectivity index (χ0) is 13.9. The SMILES string of the molecule is CC1(C)CCN(c2nccnc2C(N)=NO)CCS1. The molecule has 0 atom stereocenters. The van der Waals surface area contributed by atoms with E-state index in [2.05, 4.69) is 33.9 Å². The van der Waals surface area contributed by atoms with E-state index in [9.17, 15) is 0 Å². The minimum Gasteiger partial charge on any atom is -0.409 e. The summed E-state index contributed by atoms with van der Waals surface area (Å²) in [7, 11) is 0. The molecule has 0 spiro atoms. The van der Waals surface area contributed by atoms with Crippen LogP contribution in [0.3, 0.4) is 0 Å². The number of thioether (sulfide) groups is 1. The Hall–Kier alpha value is -1.50. The summed E-state index contributed by atoms with van der Waals surface area (Å²) in [5.41, 5.74) is 6.10. The average molecular weight is 281 g/mol. The molecule has 3 N–H and O–H groups in total. The Morgan fingerprint density at radius 3 is 2.89 bits per heavy atom. The number of rotatable bonds is 2. The van der Waals surface area contributed by atoms with Crippen molar-refractivity contribution in [3.8, 4) is 0 Å². The third-order valence-electron chi connectivity index (χ3n) is 3.17. The molecule has 1 saturated heterocycles. The highest BCUT2D eigenvalue weighted by Gasteiger charge is 2.26. The van der Waals surface area contributed by atoms with Gasteiger partial charge in [0, 0.05) is 36.0 Å². The molecule has 0 unspecified atom stereocenters. The second-order valence-corrected chi connectivity index (χ2v) is 6.86. The number of anilines is 1. The van der Waals surface area contributed by atoms with Crippen molar-refractivity contribution in [2.45, 2.75) is 25.0 Å². The molecule has 104 valence electrons. The lowest BCUT2D eigenvalue weighted by atomic mass is 10.1. The zero-order valence-electron chi connectivity index (χ0n) is 11.2. The lowest BCUT2D eigenvalue weighted by Crippen LogP contribution is -2.31. The monoisotopic (exact) mass is 281 g/mol. The van der Waals surface area contributed by atoms with Gasteiger partial charge in [0.05, 0.1) is 0 Å². The van der Waals surface area contributed by atoms with Crippen LogP contribution in [0.4, 0.5) is 5.82 Å². The molecule has 2 heterocycles. The molecule has 0 aromatic carbocycles. The fraction of sp³-hybridized carbons (Fsp3) is 0.583. The van der Waals surface area contributed by atoms with Gasteiger partial charge in [0.15, 0.2) is 17.3 Å². The van der Waals surface area contributed by atoms with Crippen LogP contribution in [0.1, 0.15) is 26.0 Å². The lowest BCUT2D eigenvalue weighted by Gasteiger charge is -2.24. The third-order valence-corrected chi connectivity index (χ3v) is 4.54. The normalized spacial score (nSPS) is 20.1. The van der Waals surface area contributed by atoms with Gasteiger partial charge in [-0.05, 0) is 6.42 Å². The molecule has 1 aliphatic rings. The van der Waals surface area contributed by atoms with Gasteiger partial charge in [-0.25, -0.2) is 9.97 Å². The molecule has 1 aromatic rings. The highest BCUT2D eigenvalue weighted by molar-refractivity contribution is 8.00. The van der Waals surface area contributed by atoms with Crippen LogP contribution >= 0.6 is 11.8 Å². The molecule has 6 nitrogen and oxygen atoms in total. The molecule has 0 bridgehead atoms. The first kappa shape index (κ1) is 13.9. The highest BCUT2D eigenvalue weighted by Crippen LogP contribution is 2.32. The number of amidine groups is 1. The van der Waals surface area contributed by atoms with E-state index in [1.165, 1.54) is 0 Å². The second-order valence-electron chi connectivity index (χ2n) is 5.06. The van der Waals surface area contributed by atoms with E-state index < -0.39 is 0 Å². The Labute approximate surface area is 117 Å². The highest BCUT2D eigenvalue weighted by atomic mass is 32.2. The van der Waals surface area contributed by atoms with E-state index in [0.717, 1.165) is 25.3 Å². The summed E-state index contributed by atoms with van der Waals surface area (Å²) in [5.74, 6) is 1.72. The smallest absolute Gasteiger partial charge is 0.192 e. The van der Waals surface area contributed by atoms with Gasteiger partial charge in [-0.1, -0.05) is 19.0 Å². The molecule has 0 aliphatic carbocycles. The van der Waals surface area contributed by atoms with Gasteiger partial charge in [0.25, 0.3) is 0 Å². The zero-order valence-corrected chi connectivity index (χ0v) is 12.0. The molecule has 0 amide bonds. The van der Waals surface area contributed by atoms with Crippen LogP contribution in [0.25, 0.3) is 0 Å². The summed E-state index contributed by atoms with van der Waals surface area (Å²) in [6.07, 6.45) is 4.24. The Balaban J connectivity index is 2.27. The van der Waals surface area contributed by atoms with Crippen LogP contribution in [0.5, 0.6) is 0 Å². The first-order valence-electron chi connectivity index (χ1n) is 6.21. The molecule has 1 fully saturated rings. The topological polar surface area (TPSA) is 87.6 Å². The quantitative estimate of drug-likeness (QED) is 0.367. The van der Waals surface area contributed by atoms with Crippen molar-refractivity contribution in [2.24, 2.45) is 10.9 Å². The number of nitrogens with two attached hydrogens (primary N) is 1. The maximum atomic E-state index is 8.82. The van der Waals surface area contributed by atoms with E-state index in [4.69, 9.17) is 10.9 Å². The predicted molar refractivity (Wildman–Crippen MR) is 77.9 cm³/mol. The minimum absolute atomic E-state index is 0.000685. The summed E-state index contributed by atoms with van der Waals surface area (Å²) in [6.45, 7) is 6.29. The van der Waals surface area contributed by atoms with Crippen molar-refractivity contribution < 1.29 is 5.21 Å². The van der Waals surface area contributed by atoms with E-state index in [-0.39, 0.29) is 10.6 Å². The Morgan fingerprint density at radius 1 is 1.42 bits per heavy atom. The van der Waals surface area contributed by atoms with Crippen molar-refractivity contribution in [3.63, 3.8) is 0 Å². The predicted octanol–water partition coefficient (Wildman–Crippen LogP) is 1.29. The van der Waals surface area contributed by atoms with Gasteiger partial charge in [0.2, 0.25) is 0 Å². The minimum atomic E-state index is -0.000685. The van der Waals surface area contributed by atoms with Crippen LogP contribution in [0.2, 0.25) is 0 Å². The summed E-state index contributed by atoms with van der Waals surface area (Å²) in [5, 5.41) is 11.8. The molecule has 0 saturated carbocycles. The third kappa shape index (κ3) is 3.28. The molecule has 2 rings (SSSR count). The van der Waals surface area contributed by atoms with E-state index >= 15 is 0 Å². The Bertz CT molecular complexity index is 477. The Morgan fingerprint density at radius 2 is 2.16 bits per heavy atom. The van der Waals surface area contributed by atoms with Crippen LogP contribution in [0, 0.1) is 0 Å². The van der Waals surface area contributed by atoms with Crippen molar-refractivity contribution >= 4 is 23.4 Å². The first-order valence-corrected chi connectivity index (χ1v) is 7.20. The molecule has 0 radical (unpaired) electrons. The van der Waals surface area contributed by atoms with Gasteiger partial charge in [-0.15, -0.1) is 0 Å². The maximum Gasteiger partial charge on any atom is 0.192 e. The van der Waals surface area contributed by atoms with E-state index in [1.54, 1.807) is 12.4 Å². The van der Waals surface area contributed by atoms with Crippen LogP contribution in [-0.4, -0.2) is 44.6 Å². The number of hydrogen-bond donors (Lipinski definition) is 2.